The Morgan fingerprint density at radius 3 is 2.14 bits per heavy atom. The number of piperazine rings is 1. The number of quaternary nitrogens is 1. The molecule has 1 fully saturated rings. The maximum Gasteiger partial charge on any atom is 0.385 e. The van der Waals surface area contributed by atoms with Crippen molar-refractivity contribution in [2.45, 2.75) is 84.7 Å². The van der Waals surface area contributed by atoms with E-state index in [4.69, 9.17) is 10.1 Å². The summed E-state index contributed by atoms with van der Waals surface area (Å²) in [5, 5.41) is 12.5. The zero-order valence-electron chi connectivity index (χ0n) is 23.2. The summed E-state index contributed by atoms with van der Waals surface area (Å²) in [6, 6.07) is 13.8. The van der Waals surface area contributed by atoms with Crippen LogP contribution < -0.4 is 14.5 Å². The molecule has 6 heteroatoms. The molecule has 0 aromatic heterocycles. The van der Waals surface area contributed by atoms with E-state index in [2.05, 4.69) is 70.0 Å². The quantitative estimate of drug-likeness (QED) is 0.307. The fraction of sp³-hybridized carbons (Fsp3) is 0.567. The molecule has 0 saturated carbocycles. The molecule has 1 atom stereocenters. The Labute approximate surface area is 217 Å². The normalized spacial score (nSPS) is 16.7. The minimum Gasteiger partial charge on any atom is -0.476 e. The van der Waals surface area contributed by atoms with Gasteiger partial charge in [0, 0.05) is 42.9 Å². The number of hydrogen-bond donors (Lipinski definition) is 1. The van der Waals surface area contributed by atoms with Crippen molar-refractivity contribution in [1.29, 1.82) is 5.39 Å². The SMILES string of the molecule is CCC(Oc1ccc(C(C)(C)CC)cc1C(C)(C)CC)C(=O)[N+]1(c2ccc([N+]#N)cc2)CCNCC1. The molecular weight excluding hydrogens is 448 g/mol. The summed E-state index contributed by atoms with van der Waals surface area (Å²) in [6.45, 7) is 18.3. The van der Waals surface area contributed by atoms with Gasteiger partial charge in [-0.2, -0.15) is 0 Å². The van der Waals surface area contributed by atoms with Gasteiger partial charge in [-0.3, -0.25) is 0 Å². The lowest BCUT2D eigenvalue weighted by Crippen LogP contribution is -2.66. The monoisotopic (exact) mass is 492 g/mol. The largest absolute Gasteiger partial charge is 0.476 e. The third kappa shape index (κ3) is 5.48. The Balaban J connectivity index is 2.03. The molecule has 1 saturated heterocycles. The van der Waals surface area contributed by atoms with Crippen LogP contribution >= 0.6 is 0 Å². The van der Waals surface area contributed by atoms with Crippen LogP contribution in [0.1, 0.15) is 78.9 Å². The molecule has 0 bridgehead atoms. The van der Waals surface area contributed by atoms with Gasteiger partial charge in [-0.15, -0.1) is 0 Å². The predicted octanol–water partition coefficient (Wildman–Crippen LogP) is 6.84. The molecule has 0 spiro atoms. The van der Waals surface area contributed by atoms with E-state index in [0.29, 0.717) is 25.2 Å². The summed E-state index contributed by atoms with van der Waals surface area (Å²) >= 11 is 0. The highest BCUT2D eigenvalue weighted by atomic mass is 16.5. The van der Waals surface area contributed by atoms with Gasteiger partial charge >= 0.3 is 11.6 Å². The molecule has 1 N–H and O–H groups in total. The van der Waals surface area contributed by atoms with Crippen molar-refractivity contribution >= 4 is 17.3 Å². The highest BCUT2D eigenvalue weighted by molar-refractivity contribution is 5.92. The lowest BCUT2D eigenvalue weighted by Gasteiger charge is -2.40. The molecule has 2 aromatic rings. The Bertz CT molecular complexity index is 1090. The van der Waals surface area contributed by atoms with E-state index in [1.165, 1.54) is 5.56 Å². The minimum atomic E-state index is -0.568. The summed E-state index contributed by atoms with van der Waals surface area (Å²) in [5.74, 6) is 0.881. The molecule has 1 aliphatic rings. The summed E-state index contributed by atoms with van der Waals surface area (Å²) in [4.78, 5) is 17.5. The van der Waals surface area contributed by atoms with Gasteiger partial charge in [-0.05, 0) is 41.7 Å². The molecule has 2 aromatic carbocycles. The number of hydrogen-bond acceptors (Lipinski definition) is 4. The number of amides is 1. The third-order valence-electron chi connectivity index (χ3n) is 8.40. The van der Waals surface area contributed by atoms with Crippen molar-refractivity contribution < 1.29 is 9.53 Å². The molecule has 1 heterocycles. The molecular formula is C30H44N4O2+2. The first-order chi connectivity index (χ1) is 17.0. The standard InChI is InChI=1S/C30H44N4O2/c1-8-26(28(35)34(19-17-32-18-20-34)24-14-12-23(33-31)13-15-24)36-27-16-11-22(29(4,5)9-2)21-25(27)30(6,7)10-3/h11-16,21,26,32H,8-10,17-20H2,1-7H3/q+2. The Morgan fingerprint density at radius 2 is 1.61 bits per heavy atom. The second-order valence-corrected chi connectivity index (χ2v) is 11.3. The van der Waals surface area contributed by atoms with Crippen molar-refractivity contribution in [2.24, 2.45) is 0 Å². The van der Waals surface area contributed by atoms with Crippen LogP contribution in [0.5, 0.6) is 5.75 Å². The number of nitrogens with zero attached hydrogens (tertiary/aromatic N) is 3. The summed E-state index contributed by atoms with van der Waals surface area (Å²) in [5.41, 5.74) is 3.83. The number of benzene rings is 2. The van der Waals surface area contributed by atoms with E-state index < -0.39 is 6.10 Å². The van der Waals surface area contributed by atoms with E-state index in [-0.39, 0.29) is 21.2 Å². The first-order valence-electron chi connectivity index (χ1n) is 13.4. The third-order valence-corrected chi connectivity index (χ3v) is 8.40. The molecule has 6 nitrogen and oxygen atoms in total. The van der Waals surface area contributed by atoms with Crippen LogP contribution in [-0.4, -0.2) is 38.2 Å². The van der Waals surface area contributed by atoms with Crippen molar-refractivity contribution in [2.75, 3.05) is 26.2 Å². The number of nitrogens with one attached hydrogen (secondary N) is 1. The second kappa shape index (κ2) is 11.1. The molecule has 1 amide bonds. The summed E-state index contributed by atoms with van der Waals surface area (Å²) in [6.07, 6.45) is 2.04. The van der Waals surface area contributed by atoms with Crippen LogP contribution in [-0.2, 0) is 15.6 Å². The topological polar surface area (TPSA) is 66.5 Å². The lowest BCUT2D eigenvalue weighted by molar-refractivity contribution is -0.138. The minimum absolute atomic E-state index is 0.0696. The molecule has 36 heavy (non-hydrogen) atoms. The number of carbonyl (C=O) groups excluding carboxylic acids is 1. The summed E-state index contributed by atoms with van der Waals surface area (Å²) in [7, 11) is 0. The Hall–Kier alpha value is -2.75. The molecule has 0 radical (unpaired) electrons. The van der Waals surface area contributed by atoms with Crippen LogP contribution in [0.25, 0.3) is 4.98 Å². The lowest BCUT2D eigenvalue weighted by atomic mass is 9.76. The van der Waals surface area contributed by atoms with Gasteiger partial charge in [0.05, 0.1) is 0 Å². The van der Waals surface area contributed by atoms with Gasteiger partial charge in [0.2, 0.25) is 11.5 Å². The van der Waals surface area contributed by atoms with E-state index in [1.54, 1.807) is 12.1 Å². The van der Waals surface area contributed by atoms with Gasteiger partial charge in [0.15, 0.2) is 4.98 Å². The van der Waals surface area contributed by atoms with Gasteiger partial charge in [-0.1, -0.05) is 60.6 Å². The highest BCUT2D eigenvalue weighted by Gasteiger charge is 2.45. The Kier molecular flexibility index (Phi) is 8.59. The van der Waals surface area contributed by atoms with Crippen LogP contribution in [0.15, 0.2) is 42.5 Å². The van der Waals surface area contributed by atoms with Crippen LogP contribution in [0.4, 0.5) is 11.4 Å². The smallest absolute Gasteiger partial charge is 0.385 e. The van der Waals surface area contributed by atoms with E-state index in [1.807, 2.05) is 19.1 Å². The fourth-order valence-corrected chi connectivity index (χ4v) is 4.90. The van der Waals surface area contributed by atoms with Crippen LogP contribution in [0, 0.1) is 5.39 Å². The van der Waals surface area contributed by atoms with E-state index in [9.17, 15) is 4.79 Å². The molecule has 194 valence electrons. The van der Waals surface area contributed by atoms with E-state index >= 15 is 0 Å². The van der Waals surface area contributed by atoms with Gasteiger partial charge < -0.3 is 10.1 Å². The van der Waals surface area contributed by atoms with Crippen molar-refractivity contribution in [1.82, 2.24) is 9.80 Å². The van der Waals surface area contributed by atoms with Crippen molar-refractivity contribution in [3.63, 3.8) is 0 Å². The highest BCUT2D eigenvalue weighted by Crippen LogP contribution is 2.39. The zero-order valence-corrected chi connectivity index (χ0v) is 23.2. The maximum atomic E-state index is 14.3. The van der Waals surface area contributed by atoms with Crippen molar-refractivity contribution in [3.05, 3.63) is 58.6 Å². The first kappa shape index (κ1) is 27.8. The van der Waals surface area contributed by atoms with Crippen LogP contribution in [0.3, 0.4) is 0 Å². The number of carbonyl (C=O) groups is 1. The fourth-order valence-electron chi connectivity index (χ4n) is 4.90. The molecule has 1 aliphatic heterocycles. The number of diazo groups is 1. The second-order valence-electron chi connectivity index (χ2n) is 11.3. The molecule has 1 unspecified atom stereocenters. The van der Waals surface area contributed by atoms with Gasteiger partial charge in [0.1, 0.15) is 24.5 Å². The number of ether oxygens (including phenoxy) is 1. The van der Waals surface area contributed by atoms with Crippen LogP contribution in [0.2, 0.25) is 0 Å². The zero-order chi connectivity index (χ0) is 26.6. The first-order valence-corrected chi connectivity index (χ1v) is 13.4. The van der Waals surface area contributed by atoms with Gasteiger partial charge in [-0.25, -0.2) is 9.28 Å². The predicted molar refractivity (Wildman–Crippen MR) is 148 cm³/mol. The molecule has 3 rings (SSSR count). The maximum absolute atomic E-state index is 14.3. The Morgan fingerprint density at radius 1 is 1.00 bits per heavy atom. The summed E-state index contributed by atoms with van der Waals surface area (Å²) < 4.78 is 6.87. The van der Waals surface area contributed by atoms with Gasteiger partial charge in [0.25, 0.3) is 0 Å². The average molecular weight is 493 g/mol. The average Bonchev–Trinajstić information content (AvgIpc) is 2.91. The number of rotatable bonds is 9. The van der Waals surface area contributed by atoms with E-state index in [0.717, 1.165) is 42.9 Å². The van der Waals surface area contributed by atoms with Crippen molar-refractivity contribution in [3.8, 4) is 5.75 Å². The molecule has 0 aliphatic carbocycles.